The number of sulfonamides is 1. The van der Waals surface area contributed by atoms with Crippen LogP contribution in [-0.2, 0) is 10.0 Å². The number of carboxylic acid groups (broad SMARTS) is 1. The lowest BCUT2D eigenvalue weighted by Crippen LogP contribution is -2.42. The minimum Gasteiger partial charge on any atom is -0.478 e. The zero-order valence-electron chi connectivity index (χ0n) is 11.5. The zero-order valence-corrected chi connectivity index (χ0v) is 12.3. The van der Waals surface area contributed by atoms with Gasteiger partial charge in [-0.3, -0.25) is 4.90 Å². The van der Waals surface area contributed by atoms with E-state index >= 15 is 0 Å². The van der Waals surface area contributed by atoms with Gasteiger partial charge in [0.15, 0.2) is 0 Å². The molecule has 1 aromatic carbocycles. The van der Waals surface area contributed by atoms with E-state index in [1.165, 1.54) is 24.3 Å². The number of benzene rings is 1. The zero-order chi connectivity index (χ0) is 15.0. The lowest BCUT2D eigenvalue weighted by Gasteiger charge is -2.21. The summed E-state index contributed by atoms with van der Waals surface area (Å²) in [5.41, 5.74) is 0.0804. The molecule has 2 N–H and O–H groups in total. The molecule has 114 valence electrons. The van der Waals surface area contributed by atoms with Gasteiger partial charge in [-0.2, -0.15) is 0 Å². The minimum absolute atomic E-state index is 0.0448. The summed E-state index contributed by atoms with van der Waals surface area (Å²) in [6.07, 6.45) is 2.98. The van der Waals surface area contributed by atoms with Crippen molar-refractivity contribution in [3.63, 3.8) is 0 Å². The lowest BCUT2D eigenvalue weighted by atomic mass is 10.1. The van der Waals surface area contributed by atoms with Crippen LogP contribution in [0, 0.1) is 0 Å². The SMILES string of the molecule is O=C(O)c1ccc(S(=O)(=O)NC2CCN3CCCC23)cc1. The summed E-state index contributed by atoms with van der Waals surface area (Å²) in [4.78, 5) is 13.2. The van der Waals surface area contributed by atoms with Crippen molar-refractivity contribution in [1.82, 2.24) is 9.62 Å². The topological polar surface area (TPSA) is 86.7 Å². The van der Waals surface area contributed by atoms with Crippen molar-refractivity contribution < 1.29 is 18.3 Å². The molecule has 0 saturated carbocycles. The van der Waals surface area contributed by atoms with Gasteiger partial charge in [0, 0.05) is 18.6 Å². The van der Waals surface area contributed by atoms with E-state index in [1.54, 1.807) is 0 Å². The predicted molar refractivity (Wildman–Crippen MR) is 76.7 cm³/mol. The Bertz CT molecular complexity index is 641. The van der Waals surface area contributed by atoms with Crippen LogP contribution in [0.2, 0.25) is 0 Å². The third-order valence-electron chi connectivity index (χ3n) is 4.32. The van der Waals surface area contributed by atoms with E-state index in [0.717, 1.165) is 32.4 Å². The van der Waals surface area contributed by atoms with Crippen molar-refractivity contribution in [2.75, 3.05) is 13.1 Å². The van der Waals surface area contributed by atoms with Crippen molar-refractivity contribution >= 4 is 16.0 Å². The molecule has 0 radical (unpaired) electrons. The maximum Gasteiger partial charge on any atom is 0.335 e. The van der Waals surface area contributed by atoms with Gasteiger partial charge in [0.05, 0.1) is 10.5 Å². The average molecular weight is 310 g/mol. The van der Waals surface area contributed by atoms with Crippen LogP contribution >= 0.6 is 0 Å². The molecule has 0 spiro atoms. The second kappa shape index (κ2) is 5.40. The van der Waals surface area contributed by atoms with E-state index in [0.29, 0.717) is 6.04 Å². The van der Waals surface area contributed by atoms with Crippen molar-refractivity contribution in [2.24, 2.45) is 0 Å². The van der Waals surface area contributed by atoms with Crippen LogP contribution in [0.3, 0.4) is 0 Å². The Balaban J connectivity index is 1.76. The molecule has 2 atom stereocenters. The number of carbonyl (C=O) groups is 1. The molecule has 6 nitrogen and oxygen atoms in total. The maximum atomic E-state index is 12.4. The van der Waals surface area contributed by atoms with Crippen LogP contribution in [0.15, 0.2) is 29.2 Å². The first-order valence-corrected chi connectivity index (χ1v) is 8.55. The van der Waals surface area contributed by atoms with Crippen LogP contribution in [0.25, 0.3) is 0 Å². The van der Waals surface area contributed by atoms with Gasteiger partial charge in [0.1, 0.15) is 0 Å². The highest BCUT2D eigenvalue weighted by molar-refractivity contribution is 7.89. The quantitative estimate of drug-likeness (QED) is 0.863. The van der Waals surface area contributed by atoms with Gasteiger partial charge in [-0.15, -0.1) is 0 Å². The fraction of sp³-hybridized carbons (Fsp3) is 0.500. The summed E-state index contributed by atoms with van der Waals surface area (Å²) >= 11 is 0. The van der Waals surface area contributed by atoms with Gasteiger partial charge in [-0.05, 0) is 50.1 Å². The number of hydrogen-bond acceptors (Lipinski definition) is 4. The van der Waals surface area contributed by atoms with Gasteiger partial charge in [0.25, 0.3) is 0 Å². The maximum absolute atomic E-state index is 12.4. The number of nitrogens with zero attached hydrogens (tertiary/aromatic N) is 1. The average Bonchev–Trinajstić information content (AvgIpc) is 3.04. The van der Waals surface area contributed by atoms with E-state index in [4.69, 9.17) is 5.11 Å². The number of rotatable bonds is 4. The Morgan fingerprint density at radius 3 is 2.57 bits per heavy atom. The molecule has 7 heteroatoms. The van der Waals surface area contributed by atoms with Gasteiger partial charge in [-0.1, -0.05) is 0 Å². The molecule has 2 unspecified atom stereocenters. The van der Waals surface area contributed by atoms with Crippen molar-refractivity contribution in [3.8, 4) is 0 Å². The van der Waals surface area contributed by atoms with E-state index in [-0.39, 0.29) is 16.5 Å². The summed E-state index contributed by atoms with van der Waals surface area (Å²) in [6, 6.07) is 5.57. The Hall–Kier alpha value is -1.44. The first-order chi connectivity index (χ1) is 9.97. The molecule has 2 aliphatic rings. The Labute approximate surface area is 123 Å². The molecule has 1 aromatic rings. The summed E-state index contributed by atoms with van der Waals surface area (Å²) in [6.45, 7) is 1.99. The van der Waals surface area contributed by atoms with E-state index in [9.17, 15) is 13.2 Å². The van der Waals surface area contributed by atoms with Crippen molar-refractivity contribution in [2.45, 2.75) is 36.2 Å². The van der Waals surface area contributed by atoms with Crippen LogP contribution < -0.4 is 4.72 Å². The fourth-order valence-electron chi connectivity index (χ4n) is 3.26. The van der Waals surface area contributed by atoms with Crippen molar-refractivity contribution in [3.05, 3.63) is 29.8 Å². The van der Waals surface area contributed by atoms with Crippen molar-refractivity contribution in [1.29, 1.82) is 0 Å². The van der Waals surface area contributed by atoms with E-state index < -0.39 is 16.0 Å². The van der Waals surface area contributed by atoms with E-state index in [1.807, 2.05) is 0 Å². The number of nitrogens with one attached hydrogen (secondary N) is 1. The molecule has 0 amide bonds. The second-order valence-corrected chi connectivity index (χ2v) is 7.31. The summed E-state index contributed by atoms with van der Waals surface area (Å²) in [5, 5.41) is 8.84. The summed E-state index contributed by atoms with van der Waals surface area (Å²) in [5.74, 6) is -1.07. The highest BCUT2D eigenvalue weighted by atomic mass is 32.2. The predicted octanol–water partition coefficient (Wildman–Crippen LogP) is 0.900. The van der Waals surface area contributed by atoms with Gasteiger partial charge in [0.2, 0.25) is 10.0 Å². The van der Waals surface area contributed by atoms with Gasteiger partial charge in [-0.25, -0.2) is 17.9 Å². The van der Waals surface area contributed by atoms with Crippen LogP contribution in [0.5, 0.6) is 0 Å². The highest BCUT2D eigenvalue weighted by Gasteiger charge is 2.39. The molecule has 0 aromatic heterocycles. The molecule has 2 saturated heterocycles. The molecule has 2 fully saturated rings. The lowest BCUT2D eigenvalue weighted by molar-refractivity contribution is 0.0696. The normalized spacial score (nSPS) is 25.9. The standard InChI is InChI=1S/C14H18N2O4S/c17-14(18)10-3-5-11(6-4-10)21(19,20)15-12-7-9-16-8-1-2-13(12)16/h3-6,12-13,15H,1-2,7-9H2,(H,17,18). The number of hydrogen-bond donors (Lipinski definition) is 2. The van der Waals surface area contributed by atoms with Gasteiger partial charge >= 0.3 is 5.97 Å². The molecular formula is C14H18N2O4S. The molecule has 2 heterocycles. The molecular weight excluding hydrogens is 292 g/mol. The molecule has 21 heavy (non-hydrogen) atoms. The summed E-state index contributed by atoms with van der Waals surface area (Å²) in [7, 11) is -3.59. The first kappa shape index (κ1) is 14.5. The molecule has 2 aliphatic heterocycles. The Morgan fingerprint density at radius 1 is 1.19 bits per heavy atom. The Morgan fingerprint density at radius 2 is 1.90 bits per heavy atom. The third-order valence-corrected chi connectivity index (χ3v) is 5.83. The first-order valence-electron chi connectivity index (χ1n) is 7.07. The fourth-order valence-corrected chi connectivity index (χ4v) is 4.57. The van der Waals surface area contributed by atoms with Gasteiger partial charge < -0.3 is 5.11 Å². The Kier molecular flexibility index (Phi) is 3.73. The molecule has 0 bridgehead atoms. The number of fused-ring (bicyclic) bond motifs is 1. The smallest absolute Gasteiger partial charge is 0.335 e. The third kappa shape index (κ3) is 2.81. The minimum atomic E-state index is -3.59. The highest BCUT2D eigenvalue weighted by Crippen LogP contribution is 2.28. The number of carboxylic acids is 1. The molecule has 0 aliphatic carbocycles. The second-order valence-electron chi connectivity index (χ2n) is 5.59. The van der Waals surface area contributed by atoms with E-state index in [2.05, 4.69) is 9.62 Å². The van der Waals surface area contributed by atoms with Crippen LogP contribution in [-0.4, -0.2) is 49.6 Å². The van der Waals surface area contributed by atoms with Crippen LogP contribution in [0.4, 0.5) is 0 Å². The van der Waals surface area contributed by atoms with Crippen LogP contribution in [0.1, 0.15) is 29.6 Å². The summed E-state index contributed by atoms with van der Waals surface area (Å²) < 4.78 is 27.5. The number of aromatic carboxylic acids is 1. The monoisotopic (exact) mass is 310 g/mol. The largest absolute Gasteiger partial charge is 0.478 e. The molecule has 3 rings (SSSR count).